The van der Waals surface area contributed by atoms with Crippen molar-refractivity contribution in [2.75, 3.05) is 36.5 Å². The van der Waals surface area contributed by atoms with Crippen molar-refractivity contribution in [3.8, 4) is 11.3 Å². The summed E-state index contributed by atoms with van der Waals surface area (Å²) in [4.78, 5) is 19.4. The van der Waals surface area contributed by atoms with Crippen molar-refractivity contribution >= 4 is 28.1 Å². The van der Waals surface area contributed by atoms with Crippen molar-refractivity contribution in [1.82, 2.24) is 4.98 Å². The summed E-state index contributed by atoms with van der Waals surface area (Å²) in [6, 6.07) is 7.96. The average Bonchev–Trinajstić information content (AvgIpc) is 3.20. The summed E-state index contributed by atoms with van der Waals surface area (Å²) in [5.41, 5.74) is 2.89. The lowest BCUT2D eigenvalue weighted by Gasteiger charge is -2.26. The summed E-state index contributed by atoms with van der Waals surface area (Å²) in [6.07, 6.45) is 7.02. The van der Waals surface area contributed by atoms with Gasteiger partial charge in [-0.1, -0.05) is 24.3 Å². The van der Waals surface area contributed by atoms with Crippen LogP contribution in [-0.4, -0.2) is 37.2 Å². The first-order chi connectivity index (χ1) is 12.8. The number of amides is 1. The van der Waals surface area contributed by atoms with Gasteiger partial charge in [0.25, 0.3) is 0 Å². The fourth-order valence-electron chi connectivity index (χ4n) is 3.30. The van der Waals surface area contributed by atoms with Crippen molar-refractivity contribution in [3.63, 3.8) is 0 Å². The van der Waals surface area contributed by atoms with Crippen molar-refractivity contribution in [3.05, 3.63) is 41.8 Å². The molecular formula is C20H23N3O2S. The number of hydrogen-bond acceptors (Lipinski definition) is 5. The third kappa shape index (κ3) is 3.97. The first-order valence-corrected chi connectivity index (χ1v) is 10.0. The third-order valence-electron chi connectivity index (χ3n) is 4.86. The Hall–Kier alpha value is -2.18. The number of allylic oxidation sites excluding steroid dienone is 2. The van der Waals surface area contributed by atoms with Crippen LogP contribution in [-0.2, 0) is 9.53 Å². The van der Waals surface area contributed by atoms with Gasteiger partial charge < -0.3 is 15.0 Å². The molecule has 4 rings (SSSR count). The van der Waals surface area contributed by atoms with Gasteiger partial charge in [0, 0.05) is 35.6 Å². The van der Waals surface area contributed by atoms with Gasteiger partial charge in [0.2, 0.25) is 5.91 Å². The number of rotatable bonds is 4. The van der Waals surface area contributed by atoms with E-state index < -0.39 is 0 Å². The number of benzene rings is 1. The number of morpholine rings is 1. The van der Waals surface area contributed by atoms with Gasteiger partial charge in [-0.2, -0.15) is 0 Å². The van der Waals surface area contributed by atoms with Gasteiger partial charge in [0.1, 0.15) is 0 Å². The molecule has 2 aromatic rings. The van der Waals surface area contributed by atoms with E-state index >= 15 is 0 Å². The summed E-state index contributed by atoms with van der Waals surface area (Å²) in [7, 11) is 0. The van der Waals surface area contributed by atoms with Crippen LogP contribution in [0.4, 0.5) is 10.8 Å². The molecule has 5 nitrogen and oxygen atoms in total. The first kappa shape index (κ1) is 17.2. The number of hydrogen-bond donors (Lipinski definition) is 1. The minimum absolute atomic E-state index is 0.0919. The SMILES string of the molecule is O=C(Nc1ccc(-c2csc(N3CCOCC3)n2)cc1)[C@H]1CC=CCC1. The van der Waals surface area contributed by atoms with Crippen molar-refractivity contribution in [2.24, 2.45) is 5.92 Å². The van der Waals surface area contributed by atoms with Crippen LogP contribution in [0.15, 0.2) is 41.8 Å². The van der Waals surface area contributed by atoms with Gasteiger partial charge in [-0.3, -0.25) is 4.79 Å². The molecule has 1 amide bonds. The fourth-order valence-corrected chi connectivity index (χ4v) is 4.19. The fraction of sp³-hybridized carbons (Fsp3) is 0.400. The Morgan fingerprint density at radius 2 is 2.00 bits per heavy atom. The Morgan fingerprint density at radius 3 is 2.73 bits per heavy atom. The second kappa shape index (κ2) is 8.01. The zero-order valence-electron chi connectivity index (χ0n) is 14.7. The molecule has 1 fully saturated rings. The summed E-state index contributed by atoms with van der Waals surface area (Å²) in [5.74, 6) is 0.208. The van der Waals surface area contributed by atoms with E-state index in [2.05, 4.69) is 27.7 Å². The maximum atomic E-state index is 12.3. The number of anilines is 2. The maximum Gasteiger partial charge on any atom is 0.227 e. The Labute approximate surface area is 157 Å². The number of carbonyl (C=O) groups excluding carboxylic acids is 1. The average molecular weight is 369 g/mol. The highest BCUT2D eigenvalue weighted by atomic mass is 32.1. The summed E-state index contributed by atoms with van der Waals surface area (Å²) in [6.45, 7) is 3.32. The zero-order chi connectivity index (χ0) is 17.8. The van der Waals surface area contributed by atoms with E-state index in [0.29, 0.717) is 0 Å². The number of carbonyl (C=O) groups is 1. The number of nitrogens with zero attached hydrogens (tertiary/aromatic N) is 2. The lowest BCUT2D eigenvalue weighted by atomic mass is 9.93. The molecule has 0 unspecified atom stereocenters. The Balaban J connectivity index is 1.40. The lowest BCUT2D eigenvalue weighted by Crippen LogP contribution is -2.36. The van der Waals surface area contributed by atoms with E-state index in [-0.39, 0.29) is 11.8 Å². The van der Waals surface area contributed by atoms with E-state index in [1.807, 2.05) is 24.3 Å². The second-order valence-electron chi connectivity index (χ2n) is 6.66. The smallest absolute Gasteiger partial charge is 0.227 e. The molecule has 136 valence electrons. The highest BCUT2D eigenvalue weighted by Gasteiger charge is 2.19. The predicted molar refractivity (Wildman–Crippen MR) is 106 cm³/mol. The Morgan fingerprint density at radius 1 is 1.19 bits per heavy atom. The molecule has 0 bridgehead atoms. The Kier molecular flexibility index (Phi) is 5.32. The van der Waals surface area contributed by atoms with Gasteiger partial charge in [0.15, 0.2) is 5.13 Å². The highest BCUT2D eigenvalue weighted by Crippen LogP contribution is 2.29. The molecule has 1 atom stereocenters. The molecule has 1 aliphatic heterocycles. The van der Waals surface area contributed by atoms with Gasteiger partial charge in [-0.05, 0) is 31.4 Å². The summed E-state index contributed by atoms with van der Waals surface area (Å²) < 4.78 is 5.40. The zero-order valence-corrected chi connectivity index (χ0v) is 15.5. The van der Waals surface area contributed by atoms with E-state index in [4.69, 9.17) is 9.72 Å². The standard InChI is InChI=1S/C20H23N3O2S/c24-19(16-4-2-1-3-5-16)21-17-8-6-15(7-9-17)18-14-26-20(22-18)23-10-12-25-13-11-23/h1-2,6-9,14,16H,3-5,10-13H2,(H,21,24)/t16-/m0/s1. The number of thiazole rings is 1. The van der Waals surface area contributed by atoms with Gasteiger partial charge >= 0.3 is 0 Å². The largest absolute Gasteiger partial charge is 0.378 e. The Bertz CT molecular complexity index is 779. The van der Waals surface area contributed by atoms with Crippen LogP contribution in [0.1, 0.15) is 19.3 Å². The monoisotopic (exact) mass is 369 g/mol. The van der Waals surface area contributed by atoms with Crippen LogP contribution in [0, 0.1) is 5.92 Å². The van der Waals surface area contributed by atoms with Crippen molar-refractivity contribution < 1.29 is 9.53 Å². The molecule has 1 saturated heterocycles. The molecule has 26 heavy (non-hydrogen) atoms. The molecule has 0 radical (unpaired) electrons. The quantitative estimate of drug-likeness (QED) is 0.830. The molecule has 1 aromatic heterocycles. The van der Waals surface area contributed by atoms with Crippen LogP contribution < -0.4 is 10.2 Å². The van der Waals surface area contributed by atoms with Gasteiger partial charge in [-0.25, -0.2) is 4.98 Å². The summed E-state index contributed by atoms with van der Waals surface area (Å²) >= 11 is 1.67. The predicted octanol–water partition coefficient (Wildman–Crippen LogP) is 3.94. The second-order valence-corrected chi connectivity index (χ2v) is 7.50. The van der Waals surface area contributed by atoms with E-state index in [1.165, 1.54) is 0 Å². The maximum absolute atomic E-state index is 12.3. The molecule has 6 heteroatoms. The normalized spacial score (nSPS) is 20.2. The number of aromatic nitrogens is 1. The van der Waals surface area contributed by atoms with E-state index in [9.17, 15) is 4.79 Å². The van der Waals surface area contributed by atoms with Crippen molar-refractivity contribution in [1.29, 1.82) is 0 Å². The molecule has 1 aromatic carbocycles. The molecule has 0 spiro atoms. The molecule has 1 aliphatic carbocycles. The van der Waals surface area contributed by atoms with Crippen LogP contribution in [0.2, 0.25) is 0 Å². The molecular weight excluding hydrogens is 346 g/mol. The van der Waals surface area contributed by atoms with Gasteiger partial charge in [0.05, 0.1) is 18.9 Å². The van der Waals surface area contributed by atoms with E-state index in [0.717, 1.165) is 67.6 Å². The molecule has 0 saturated carbocycles. The van der Waals surface area contributed by atoms with E-state index in [1.54, 1.807) is 11.3 Å². The molecule has 1 N–H and O–H groups in total. The molecule has 2 heterocycles. The van der Waals surface area contributed by atoms with Crippen LogP contribution in [0.5, 0.6) is 0 Å². The highest BCUT2D eigenvalue weighted by molar-refractivity contribution is 7.14. The minimum Gasteiger partial charge on any atom is -0.378 e. The van der Waals surface area contributed by atoms with Crippen LogP contribution >= 0.6 is 11.3 Å². The van der Waals surface area contributed by atoms with Crippen molar-refractivity contribution in [2.45, 2.75) is 19.3 Å². The third-order valence-corrected chi connectivity index (χ3v) is 5.76. The summed E-state index contributed by atoms with van der Waals surface area (Å²) in [5, 5.41) is 6.17. The van der Waals surface area contributed by atoms with Crippen LogP contribution in [0.3, 0.4) is 0 Å². The lowest BCUT2D eigenvalue weighted by molar-refractivity contribution is -0.120. The van der Waals surface area contributed by atoms with Gasteiger partial charge in [-0.15, -0.1) is 11.3 Å². The first-order valence-electron chi connectivity index (χ1n) is 9.14. The van der Waals surface area contributed by atoms with Crippen LogP contribution in [0.25, 0.3) is 11.3 Å². The number of ether oxygens (including phenoxy) is 1. The number of nitrogens with one attached hydrogen (secondary N) is 1. The molecule has 2 aliphatic rings. The topological polar surface area (TPSA) is 54.5 Å². The minimum atomic E-state index is 0.0919.